The first-order valence-electron chi connectivity index (χ1n) is 13.2. The van der Waals surface area contributed by atoms with E-state index in [4.69, 9.17) is 11.6 Å². The van der Waals surface area contributed by atoms with Crippen molar-refractivity contribution in [1.29, 1.82) is 10.5 Å². The van der Waals surface area contributed by atoms with Crippen LogP contribution in [0.2, 0.25) is 5.02 Å². The lowest BCUT2D eigenvalue weighted by Crippen LogP contribution is -2.56. The number of halogens is 4. The minimum absolute atomic E-state index is 0.0151. The third-order valence-electron chi connectivity index (χ3n) is 7.29. The molecule has 13 heteroatoms. The molecule has 1 N–H and O–H groups in total. The lowest BCUT2D eigenvalue weighted by atomic mass is 9.87. The first-order valence-corrected chi connectivity index (χ1v) is 13.5. The van der Waals surface area contributed by atoms with Crippen LogP contribution in [0.1, 0.15) is 48.4 Å². The maximum absolute atomic E-state index is 14.8. The molecule has 3 amide bonds. The first-order chi connectivity index (χ1) is 20.5. The number of carbonyl (C=O) groups excluding carboxylic acids is 3. The molecular formula is C30H22ClF3N6O3. The van der Waals surface area contributed by atoms with Gasteiger partial charge in [0.1, 0.15) is 23.7 Å². The van der Waals surface area contributed by atoms with Gasteiger partial charge in [-0.15, -0.1) is 0 Å². The van der Waals surface area contributed by atoms with Gasteiger partial charge in [-0.25, -0.2) is 18.2 Å². The molecule has 218 valence electrons. The Balaban J connectivity index is 1.65. The molecule has 9 nitrogen and oxygen atoms in total. The zero-order valence-electron chi connectivity index (χ0n) is 22.3. The zero-order chi connectivity index (χ0) is 30.9. The number of alkyl halides is 2. The van der Waals surface area contributed by atoms with Gasteiger partial charge in [-0.2, -0.15) is 10.5 Å². The molecule has 1 aliphatic carbocycles. The summed E-state index contributed by atoms with van der Waals surface area (Å²) in [5.74, 6) is -6.01. The predicted octanol–water partition coefficient (Wildman–Crippen LogP) is 4.80. The molecule has 1 saturated carbocycles. The molecule has 2 heterocycles. The third kappa shape index (κ3) is 6.01. The van der Waals surface area contributed by atoms with Crippen LogP contribution in [0, 0.1) is 28.5 Å². The summed E-state index contributed by atoms with van der Waals surface area (Å²) in [7, 11) is 0. The van der Waals surface area contributed by atoms with Crippen molar-refractivity contribution in [3.8, 4) is 12.1 Å². The molecule has 1 aromatic heterocycles. The van der Waals surface area contributed by atoms with Crippen molar-refractivity contribution < 1.29 is 27.6 Å². The van der Waals surface area contributed by atoms with Crippen LogP contribution in [0.4, 0.5) is 24.7 Å². The number of anilines is 2. The van der Waals surface area contributed by atoms with Crippen molar-refractivity contribution in [2.24, 2.45) is 0 Å². The van der Waals surface area contributed by atoms with Crippen molar-refractivity contribution in [1.82, 2.24) is 10.3 Å². The lowest BCUT2D eigenvalue weighted by molar-refractivity contribution is -0.133. The molecule has 2 aromatic carbocycles. The van der Waals surface area contributed by atoms with Crippen molar-refractivity contribution >= 4 is 40.8 Å². The molecular weight excluding hydrogens is 585 g/mol. The fourth-order valence-corrected chi connectivity index (χ4v) is 5.54. The van der Waals surface area contributed by atoms with Gasteiger partial charge in [0.05, 0.1) is 23.3 Å². The molecule has 1 aliphatic heterocycles. The Kier molecular flexibility index (Phi) is 8.07. The lowest BCUT2D eigenvalue weighted by Gasteiger charge is -2.39. The van der Waals surface area contributed by atoms with Gasteiger partial charge in [-0.05, 0) is 42.8 Å². The number of nitrogens with one attached hydrogen (secondary N) is 1. The van der Waals surface area contributed by atoms with Crippen LogP contribution in [0.5, 0.6) is 0 Å². The highest BCUT2D eigenvalue weighted by atomic mass is 35.5. The molecule has 1 saturated heterocycles. The molecule has 0 radical (unpaired) electrons. The van der Waals surface area contributed by atoms with Gasteiger partial charge in [0, 0.05) is 47.8 Å². The number of aromatic nitrogens is 1. The maximum Gasteiger partial charge on any atom is 0.252 e. The van der Waals surface area contributed by atoms with E-state index in [0.29, 0.717) is 0 Å². The largest absolute Gasteiger partial charge is 0.351 e. The highest BCUT2D eigenvalue weighted by Crippen LogP contribution is 2.40. The molecule has 2 atom stereocenters. The topological polar surface area (TPSA) is 130 Å². The summed E-state index contributed by atoms with van der Waals surface area (Å²) in [6.45, 7) is 0. The molecule has 0 spiro atoms. The summed E-state index contributed by atoms with van der Waals surface area (Å²) < 4.78 is 42.1. The van der Waals surface area contributed by atoms with Gasteiger partial charge < -0.3 is 5.32 Å². The normalized spacial score (nSPS) is 18.2. The van der Waals surface area contributed by atoms with Gasteiger partial charge in [-0.1, -0.05) is 29.8 Å². The van der Waals surface area contributed by atoms with Crippen molar-refractivity contribution in [3.05, 3.63) is 88.3 Å². The van der Waals surface area contributed by atoms with Crippen LogP contribution in [0.3, 0.4) is 0 Å². The summed E-state index contributed by atoms with van der Waals surface area (Å²) in [4.78, 5) is 47.7. The van der Waals surface area contributed by atoms with E-state index < -0.39 is 60.4 Å². The monoisotopic (exact) mass is 606 g/mol. The summed E-state index contributed by atoms with van der Waals surface area (Å²) in [5, 5.41) is 21.5. The predicted molar refractivity (Wildman–Crippen MR) is 148 cm³/mol. The number of benzene rings is 2. The SMILES string of the molecule is N#Cc1cc(F)cc(N(C(=O)C2CCC(=O)N2c2cc(C#N)ccn2)C(C(=O)NC2CC(F)(F)C2)c2ccccc2Cl)c1. The molecule has 2 unspecified atom stereocenters. The number of rotatable bonds is 7. The standard InChI is InChI=1S/C30H22ClF3N6O3/c31-23-4-2-1-3-22(23)27(28(42)38-20-13-30(33,34)14-20)39(21-10-18(16-36)9-19(32)12-21)29(43)24-5-6-26(41)40(24)25-11-17(15-35)7-8-37-25/h1-4,7-12,20,24,27H,5-6,13-14H2,(H,38,42). The molecule has 43 heavy (non-hydrogen) atoms. The van der Waals surface area contributed by atoms with Crippen LogP contribution in [0.15, 0.2) is 60.8 Å². The zero-order valence-corrected chi connectivity index (χ0v) is 23.1. The van der Waals surface area contributed by atoms with Gasteiger partial charge >= 0.3 is 0 Å². The van der Waals surface area contributed by atoms with E-state index in [9.17, 15) is 38.1 Å². The molecule has 5 rings (SSSR count). The van der Waals surface area contributed by atoms with E-state index in [1.165, 1.54) is 36.5 Å². The van der Waals surface area contributed by atoms with Crippen LogP contribution in [0.25, 0.3) is 0 Å². The van der Waals surface area contributed by atoms with E-state index in [1.807, 2.05) is 12.1 Å². The van der Waals surface area contributed by atoms with E-state index in [1.54, 1.807) is 12.1 Å². The van der Waals surface area contributed by atoms with E-state index in [-0.39, 0.29) is 46.1 Å². The second-order valence-corrected chi connectivity index (χ2v) is 10.7. The molecule has 2 fully saturated rings. The van der Waals surface area contributed by atoms with Crippen molar-refractivity contribution in [2.45, 2.75) is 49.7 Å². The summed E-state index contributed by atoms with van der Waals surface area (Å²) in [5.41, 5.74) is -0.0717. The fraction of sp³-hybridized carbons (Fsp3) is 0.267. The molecule has 2 aliphatic rings. The average Bonchev–Trinajstić information content (AvgIpc) is 3.35. The van der Waals surface area contributed by atoms with Gasteiger partial charge in [0.25, 0.3) is 11.8 Å². The minimum atomic E-state index is -2.95. The van der Waals surface area contributed by atoms with Crippen molar-refractivity contribution in [3.63, 3.8) is 0 Å². The second kappa shape index (κ2) is 11.7. The van der Waals surface area contributed by atoms with E-state index in [2.05, 4.69) is 10.3 Å². The van der Waals surface area contributed by atoms with E-state index >= 15 is 0 Å². The summed E-state index contributed by atoms with van der Waals surface area (Å²) in [6, 6.07) is 11.9. The molecule has 3 aromatic rings. The highest BCUT2D eigenvalue weighted by Gasteiger charge is 2.48. The van der Waals surface area contributed by atoms with Crippen LogP contribution >= 0.6 is 11.6 Å². The average molecular weight is 607 g/mol. The Morgan fingerprint density at radius 3 is 2.49 bits per heavy atom. The smallest absolute Gasteiger partial charge is 0.252 e. The summed E-state index contributed by atoms with van der Waals surface area (Å²) in [6.07, 6.45) is 0.00564. The Hall–Kier alpha value is -4.94. The Morgan fingerprint density at radius 2 is 1.81 bits per heavy atom. The highest BCUT2D eigenvalue weighted by molar-refractivity contribution is 6.31. The summed E-state index contributed by atoms with van der Waals surface area (Å²) >= 11 is 6.49. The van der Waals surface area contributed by atoms with Gasteiger partial charge in [-0.3, -0.25) is 24.2 Å². The quantitative estimate of drug-likeness (QED) is 0.411. The number of nitriles is 2. The minimum Gasteiger partial charge on any atom is -0.351 e. The number of hydrogen-bond donors (Lipinski definition) is 1. The fourth-order valence-electron chi connectivity index (χ4n) is 5.30. The Bertz CT molecular complexity index is 1700. The number of hydrogen-bond acceptors (Lipinski definition) is 6. The first kappa shape index (κ1) is 29.5. The van der Waals surface area contributed by atoms with Crippen LogP contribution in [-0.2, 0) is 14.4 Å². The van der Waals surface area contributed by atoms with E-state index in [0.717, 1.165) is 21.9 Å². The van der Waals surface area contributed by atoms with Crippen LogP contribution < -0.4 is 15.1 Å². The maximum atomic E-state index is 14.8. The second-order valence-electron chi connectivity index (χ2n) is 10.2. The van der Waals surface area contributed by atoms with Gasteiger partial charge in [0.15, 0.2) is 0 Å². The number of pyridine rings is 1. The number of amides is 3. The number of carbonyl (C=O) groups is 3. The Labute approximate surface area is 249 Å². The van der Waals surface area contributed by atoms with Crippen LogP contribution in [-0.4, -0.2) is 40.7 Å². The molecule has 0 bridgehead atoms. The Morgan fingerprint density at radius 1 is 1.09 bits per heavy atom. The van der Waals surface area contributed by atoms with Gasteiger partial charge in [0.2, 0.25) is 11.8 Å². The number of nitrogens with zero attached hydrogens (tertiary/aromatic N) is 5. The third-order valence-corrected chi connectivity index (χ3v) is 7.63. The van der Waals surface area contributed by atoms with Crippen molar-refractivity contribution in [2.75, 3.05) is 9.80 Å².